The lowest BCUT2D eigenvalue weighted by atomic mass is 9.91. The highest BCUT2D eigenvalue weighted by Crippen LogP contribution is 2.21. The average Bonchev–Trinajstić information content (AvgIpc) is 2.38. The number of methoxy groups -OCH3 is 1. The molecule has 114 valence electrons. The van der Waals surface area contributed by atoms with E-state index < -0.39 is 0 Å². The summed E-state index contributed by atoms with van der Waals surface area (Å²) in [5.41, 5.74) is 0. The van der Waals surface area contributed by atoms with E-state index in [2.05, 4.69) is 24.2 Å². The van der Waals surface area contributed by atoms with E-state index >= 15 is 0 Å². The molecule has 0 aromatic heterocycles. The first kappa shape index (κ1) is 16.9. The Morgan fingerprint density at radius 2 is 1.89 bits per heavy atom. The predicted molar refractivity (Wildman–Crippen MR) is 82.7 cm³/mol. The molecule has 0 heterocycles. The molecule has 1 N–H and O–H groups in total. The standard InChI is InChI=1S/C16H34N2O/c1-4-12-17-15-10-7-5-6-8-11-16(15)18(2)13-9-14-19-3/h15-17H,4-14H2,1-3H3. The van der Waals surface area contributed by atoms with Crippen LogP contribution in [0.25, 0.3) is 0 Å². The zero-order chi connectivity index (χ0) is 13.9. The summed E-state index contributed by atoms with van der Waals surface area (Å²) < 4.78 is 5.17. The van der Waals surface area contributed by atoms with E-state index in [1.807, 2.05) is 0 Å². The Morgan fingerprint density at radius 1 is 1.16 bits per heavy atom. The molecular weight excluding hydrogens is 236 g/mol. The van der Waals surface area contributed by atoms with Gasteiger partial charge in [-0.05, 0) is 39.3 Å². The van der Waals surface area contributed by atoms with Crippen LogP contribution in [-0.4, -0.2) is 50.8 Å². The molecule has 1 rings (SSSR count). The van der Waals surface area contributed by atoms with Crippen molar-refractivity contribution in [3.63, 3.8) is 0 Å². The predicted octanol–water partition coefficient (Wildman–Crippen LogP) is 3.05. The number of hydrogen-bond acceptors (Lipinski definition) is 3. The molecule has 0 amide bonds. The SMILES string of the molecule is CCCNC1CCCCCCC1N(C)CCCOC. The van der Waals surface area contributed by atoms with Gasteiger partial charge in [0.05, 0.1) is 0 Å². The Balaban J connectivity index is 2.48. The second-order valence-electron chi connectivity index (χ2n) is 5.95. The highest BCUT2D eigenvalue weighted by Gasteiger charge is 2.25. The fourth-order valence-electron chi connectivity index (χ4n) is 3.18. The number of hydrogen-bond donors (Lipinski definition) is 1. The summed E-state index contributed by atoms with van der Waals surface area (Å²) in [5.74, 6) is 0. The molecule has 19 heavy (non-hydrogen) atoms. The molecule has 0 spiro atoms. The minimum atomic E-state index is 0.688. The van der Waals surface area contributed by atoms with Gasteiger partial charge in [0, 0.05) is 32.3 Å². The molecule has 2 unspecified atom stereocenters. The van der Waals surface area contributed by atoms with Gasteiger partial charge in [-0.1, -0.05) is 32.6 Å². The van der Waals surface area contributed by atoms with Gasteiger partial charge in [-0.15, -0.1) is 0 Å². The first-order valence-corrected chi connectivity index (χ1v) is 8.22. The minimum absolute atomic E-state index is 0.688. The molecule has 3 heteroatoms. The normalized spacial score (nSPS) is 25.3. The van der Waals surface area contributed by atoms with Crippen LogP contribution in [0.1, 0.15) is 58.3 Å². The highest BCUT2D eigenvalue weighted by molar-refractivity contribution is 4.84. The minimum Gasteiger partial charge on any atom is -0.385 e. The summed E-state index contributed by atoms with van der Waals surface area (Å²) in [7, 11) is 4.09. The van der Waals surface area contributed by atoms with E-state index in [-0.39, 0.29) is 0 Å². The second-order valence-corrected chi connectivity index (χ2v) is 5.95. The van der Waals surface area contributed by atoms with Crippen LogP contribution in [0.4, 0.5) is 0 Å². The Hall–Kier alpha value is -0.120. The maximum atomic E-state index is 5.17. The van der Waals surface area contributed by atoms with E-state index in [1.165, 1.54) is 44.9 Å². The van der Waals surface area contributed by atoms with Crippen LogP contribution < -0.4 is 5.32 Å². The molecular formula is C16H34N2O. The van der Waals surface area contributed by atoms with Crippen LogP contribution >= 0.6 is 0 Å². The van der Waals surface area contributed by atoms with Crippen molar-refractivity contribution < 1.29 is 4.74 Å². The van der Waals surface area contributed by atoms with Gasteiger partial charge in [0.25, 0.3) is 0 Å². The van der Waals surface area contributed by atoms with Gasteiger partial charge in [-0.3, -0.25) is 0 Å². The van der Waals surface area contributed by atoms with Gasteiger partial charge >= 0.3 is 0 Å². The number of nitrogens with one attached hydrogen (secondary N) is 1. The largest absolute Gasteiger partial charge is 0.385 e. The van der Waals surface area contributed by atoms with Crippen molar-refractivity contribution in [2.24, 2.45) is 0 Å². The maximum Gasteiger partial charge on any atom is 0.0474 e. The van der Waals surface area contributed by atoms with E-state index in [1.54, 1.807) is 7.11 Å². The van der Waals surface area contributed by atoms with Crippen molar-refractivity contribution in [3.8, 4) is 0 Å². The van der Waals surface area contributed by atoms with Crippen LogP contribution in [0.3, 0.4) is 0 Å². The summed E-state index contributed by atoms with van der Waals surface area (Å²) in [4.78, 5) is 2.57. The van der Waals surface area contributed by atoms with E-state index in [4.69, 9.17) is 4.74 Å². The highest BCUT2D eigenvalue weighted by atomic mass is 16.5. The first-order chi connectivity index (χ1) is 9.29. The van der Waals surface area contributed by atoms with Crippen molar-refractivity contribution in [1.29, 1.82) is 0 Å². The van der Waals surface area contributed by atoms with Gasteiger partial charge in [0.1, 0.15) is 0 Å². The van der Waals surface area contributed by atoms with Gasteiger partial charge in [-0.25, -0.2) is 0 Å². The third-order valence-corrected chi connectivity index (χ3v) is 4.31. The van der Waals surface area contributed by atoms with Crippen molar-refractivity contribution in [2.45, 2.75) is 70.4 Å². The quantitative estimate of drug-likeness (QED) is 0.686. The molecule has 0 aromatic carbocycles. The molecule has 1 fully saturated rings. The van der Waals surface area contributed by atoms with Gasteiger partial charge in [0.2, 0.25) is 0 Å². The molecule has 0 radical (unpaired) electrons. The van der Waals surface area contributed by atoms with Crippen molar-refractivity contribution in [1.82, 2.24) is 10.2 Å². The molecule has 0 bridgehead atoms. The third-order valence-electron chi connectivity index (χ3n) is 4.31. The van der Waals surface area contributed by atoms with Crippen molar-refractivity contribution in [2.75, 3.05) is 33.9 Å². The molecule has 0 aromatic rings. The fourth-order valence-corrected chi connectivity index (χ4v) is 3.18. The lowest BCUT2D eigenvalue weighted by Crippen LogP contribution is -2.49. The Morgan fingerprint density at radius 3 is 2.58 bits per heavy atom. The number of nitrogens with zero attached hydrogens (tertiary/aromatic N) is 1. The maximum absolute atomic E-state index is 5.17. The van der Waals surface area contributed by atoms with Gasteiger partial charge in [0.15, 0.2) is 0 Å². The zero-order valence-electron chi connectivity index (χ0n) is 13.3. The smallest absolute Gasteiger partial charge is 0.0474 e. The zero-order valence-corrected chi connectivity index (χ0v) is 13.3. The number of rotatable bonds is 8. The molecule has 1 saturated carbocycles. The van der Waals surface area contributed by atoms with E-state index in [0.29, 0.717) is 12.1 Å². The van der Waals surface area contributed by atoms with Crippen molar-refractivity contribution >= 4 is 0 Å². The average molecular weight is 270 g/mol. The Kier molecular flexibility index (Phi) is 9.48. The van der Waals surface area contributed by atoms with Crippen molar-refractivity contribution in [3.05, 3.63) is 0 Å². The third kappa shape index (κ3) is 6.73. The molecule has 0 aliphatic heterocycles. The summed E-state index contributed by atoms with van der Waals surface area (Å²) in [5, 5.41) is 3.79. The Bertz CT molecular complexity index is 209. The molecule has 3 nitrogen and oxygen atoms in total. The lowest BCUT2D eigenvalue weighted by Gasteiger charge is -2.37. The number of likely N-dealkylation sites (N-methyl/N-ethyl adjacent to an activating group) is 1. The van der Waals surface area contributed by atoms with E-state index in [0.717, 1.165) is 26.1 Å². The van der Waals surface area contributed by atoms with Gasteiger partial charge < -0.3 is 15.0 Å². The Labute approximate surface area is 120 Å². The van der Waals surface area contributed by atoms with Crippen LogP contribution in [0.5, 0.6) is 0 Å². The van der Waals surface area contributed by atoms with Crippen LogP contribution in [0.15, 0.2) is 0 Å². The summed E-state index contributed by atoms with van der Waals surface area (Å²) in [6.07, 6.45) is 10.7. The van der Waals surface area contributed by atoms with Crippen LogP contribution in [0.2, 0.25) is 0 Å². The van der Waals surface area contributed by atoms with Gasteiger partial charge in [-0.2, -0.15) is 0 Å². The van der Waals surface area contributed by atoms with E-state index in [9.17, 15) is 0 Å². The summed E-state index contributed by atoms with van der Waals surface area (Å²) in [6.45, 7) is 5.45. The topological polar surface area (TPSA) is 24.5 Å². The molecule has 2 atom stereocenters. The monoisotopic (exact) mass is 270 g/mol. The lowest BCUT2D eigenvalue weighted by molar-refractivity contribution is 0.135. The van der Waals surface area contributed by atoms with Crippen LogP contribution in [0, 0.1) is 0 Å². The second kappa shape index (κ2) is 10.6. The molecule has 1 aliphatic rings. The van der Waals surface area contributed by atoms with Crippen LogP contribution in [-0.2, 0) is 4.74 Å². The number of ether oxygens (including phenoxy) is 1. The summed E-state index contributed by atoms with van der Waals surface area (Å²) >= 11 is 0. The first-order valence-electron chi connectivity index (χ1n) is 8.22. The summed E-state index contributed by atoms with van der Waals surface area (Å²) in [6, 6.07) is 1.40. The molecule has 1 aliphatic carbocycles. The molecule has 0 saturated heterocycles. The fraction of sp³-hybridized carbons (Fsp3) is 1.00.